The SMILES string of the molecule is Cc1ccnc2nc(-c3nc(-c4n[nH]c5ccccc45)no3)nn12. The van der Waals surface area contributed by atoms with Crippen molar-refractivity contribution in [2.24, 2.45) is 0 Å². The molecule has 116 valence electrons. The van der Waals surface area contributed by atoms with Crippen molar-refractivity contribution in [2.45, 2.75) is 6.92 Å². The van der Waals surface area contributed by atoms with Crippen LogP contribution in [0.2, 0.25) is 0 Å². The van der Waals surface area contributed by atoms with Crippen LogP contribution in [-0.2, 0) is 0 Å². The average molecular weight is 318 g/mol. The van der Waals surface area contributed by atoms with Crippen LogP contribution in [0.1, 0.15) is 5.69 Å². The number of nitrogens with zero attached hydrogens (tertiary/aromatic N) is 7. The van der Waals surface area contributed by atoms with Crippen molar-refractivity contribution in [3.05, 3.63) is 42.2 Å². The molecule has 9 nitrogen and oxygen atoms in total. The van der Waals surface area contributed by atoms with Gasteiger partial charge in [0.25, 0.3) is 11.7 Å². The van der Waals surface area contributed by atoms with E-state index in [-0.39, 0.29) is 5.89 Å². The van der Waals surface area contributed by atoms with Gasteiger partial charge in [0.2, 0.25) is 11.6 Å². The summed E-state index contributed by atoms with van der Waals surface area (Å²) in [4.78, 5) is 12.9. The molecule has 5 rings (SSSR count). The average Bonchev–Trinajstić information content (AvgIpc) is 3.32. The minimum atomic E-state index is 0.224. The number of benzene rings is 1. The summed E-state index contributed by atoms with van der Waals surface area (Å²) in [6.07, 6.45) is 1.68. The highest BCUT2D eigenvalue weighted by molar-refractivity contribution is 5.90. The summed E-state index contributed by atoms with van der Waals surface area (Å²) in [6.45, 7) is 1.92. The maximum absolute atomic E-state index is 5.31. The molecule has 1 aromatic carbocycles. The topological polar surface area (TPSA) is 111 Å². The normalized spacial score (nSPS) is 11.5. The molecule has 0 aliphatic heterocycles. The van der Waals surface area contributed by atoms with Crippen LogP contribution in [-0.4, -0.2) is 39.9 Å². The number of hydrogen-bond acceptors (Lipinski definition) is 7. The molecule has 0 saturated carbocycles. The molecule has 0 bridgehead atoms. The first-order chi connectivity index (χ1) is 11.8. The van der Waals surface area contributed by atoms with Crippen LogP contribution in [0.4, 0.5) is 0 Å². The Morgan fingerprint density at radius 1 is 1.08 bits per heavy atom. The van der Waals surface area contributed by atoms with Crippen LogP contribution in [0.25, 0.3) is 39.9 Å². The number of aromatic amines is 1. The second-order valence-electron chi connectivity index (χ2n) is 5.27. The second kappa shape index (κ2) is 4.69. The zero-order valence-corrected chi connectivity index (χ0v) is 12.5. The molecule has 4 aromatic heterocycles. The van der Waals surface area contributed by atoms with Crippen LogP contribution in [0.15, 0.2) is 41.1 Å². The van der Waals surface area contributed by atoms with Gasteiger partial charge in [-0.2, -0.15) is 15.1 Å². The molecule has 0 saturated heterocycles. The summed E-state index contributed by atoms with van der Waals surface area (Å²) in [7, 11) is 0. The molecule has 1 N–H and O–H groups in total. The number of hydrogen-bond donors (Lipinski definition) is 1. The van der Waals surface area contributed by atoms with E-state index >= 15 is 0 Å². The van der Waals surface area contributed by atoms with E-state index in [1.54, 1.807) is 10.7 Å². The molecule has 9 heteroatoms. The number of aryl methyl sites for hydroxylation is 1. The Morgan fingerprint density at radius 3 is 2.92 bits per heavy atom. The van der Waals surface area contributed by atoms with Crippen molar-refractivity contribution < 1.29 is 4.52 Å². The van der Waals surface area contributed by atoms with Crippen LogP contribution < -0.4 is 0 Å². The zero-order chi connectivity index (χ0) is 16.1. The van der Waals surface area contributed by atoms with E-state index < -0.39 is 0 Å². The number of rotatable bonds is 2. The fourth-order valence-corrected chi connectivity index (χ4v) is 2.54. The quantitative estimate of drug-likeness (QED) is 0.530. The Balaban J connectivity index is 1.62. The largest absolute Gasteiger partial charge is 0.330 e. The molecule has 0 atom stereocenters. The first-order valence-corrected chi connectivity index (χ1v) is 7.25. The molecule has 0 amide bonds. The zero-order valence-electron chi connectivity index (χ0n) is 12.5. The standard InChI is InChI=1S/C15H10N8O/c1-8-6-7-16-15-18-13(21-23(8)15)14-17-12(22-24-14)11-9-4-2-3-5-10(9)19-20-11/h2-7H,1H3,(H,19,20). The number of para-hydroxylation sites is 1. The minimum Gasteiger partial charge on any atom is -0.330 e. The lowest BCUT2D eigenvalue weighted by Crippen LogP contribution is -1.94. The van der Waals surface area contributed by atoms with Gasteiger partial charge in [-0.1, -0.05) is 23.4 Å². The van der Waals surface area contributed by atoms with Crippen LogP contribution in [0.5, 0.6) is 0 Å². The second-order valence-corrected chi connectivity index (χ2v) is 5.27. The van der Waals surface area contributed by atoms with Crippen LogP contribution in [0, 0.1) is 6.92 Å². The molecule has 24 heavy (non-hydrogen) atoms. The Bertz CT molecular complexity index is 1180. The molecule has 0 unspecified atom stereocenters. The number of H-pyrrole nitrogens is 1. The third kappa shape index (κ3) is 1.81. The van der Waals surface area contributed by atoms with Gasteiger partial charge in [0.15, 0.2) is 0 Å². The Hall–Kier alpha value is -3.62. The lowest BCUT2D eigenvalue weighted by atomic mass is 10.2. The highest BCUT2D eigenvalue weighted by Gasteiger charge is 2.19. The van der Waals surface area contributed by atoms with Gasteiger partial charge in [0.1, 0.15) is 5.69 Å². The molecule has 0 fully saturated rings. The summed E-state index contributed by atoms with van der Waals surface area (Å²) in [5.41, 5.74) is 2.44. The first kappa shape index (κ1) is 12.9. The lowest BCUT2D eigenvalue weighted by molar-refractivity contribution is 0.429. The van der Waals surface area contributed by atoms with Crippen molar-refractivity contribution in [1.29, 1.82) is 0 Å². The Kier molecular flexibility index (Phi) is 2.51. The van der Waals surface area contributed by atoms with E-state index in [0.29, 0.717) is 23.1 Å². The van der Waals surface area contributed by atoms with Crippen molar-refractivity contribution in [2.75, 3.05) is 0 Å². The molecular formula is C15H10N8O. The van der Waals surface area contributed by atoms with E-state index in [0.717, 1.165) is 16.6 Å². The van der Waals surface area contributed by atoms with E-state index in [9.17, 15) is 0 Å². The first-order valence-electron chi connectivity index (χ1n) is 7.25. The Labute approximate surface area is 134 Å². The van der Waals surface area contributed by atoms with Gasteiger partial charge < -0.3 is 4.52 Å². The van der Waals surface area contributed by atoms with Crippen LogP contribution >= 0.6 is 0 Å². The smallest absolute Gasteiger partial charge is 0.298 e. The molecule has 0 aliphatic carbocycles. The molecule has 0 spiro atoms. The molecule has 0 aliphatic rings. The summed E-state index contributed by atoms with van der Waals surface area (Å²) in [5.74, 6) is 1.42. The summed E-state index contributed by atoms with van der Waals surface area (Å²) < 4.78 is 6.94. The predicted molar refractivity (Wildman–Crippen MR) is 83.9 cm³/mol. The maximum Gasteiger partial charge on any atom is 0.298 e. The van der Waals surface area contributed by atoms with Gasteiger partial charge in [-0.05, 0) is 19.1 Å². The predicted octanol–water partition coefficient (Wildman–Crippen LogP) is 2.03. The van der Waals surface area contributed by atoms with E-state index in [4.69, 9.17) is 4.52 Å². The maximum atomic E-state index is 5.31. The van der Waals surface area contributed by atoms with Gasteiger partial charge >= 0.3 is 0 Å². The van der Waals surface area contributed by atoms with E-state index in [1.165, 1.54) is 0 Å². The molecular weight excluding hydrogens is 308 g/mol. The third-order valence-corrected chi connectivity index (χ3v) is 3.73. The third-order valence-electron chi connectivity index (χ3n) is 3.73. The summed E-state index contributed by atoms with van der Waals surface area (Å²) in [6, 6.07) is 9.59. The van der Waals surface area contributed by atoms with Gasteiger partial charge in [-0.25, -0.2) is 9.50 Å². The minimum absolute atomic E-state index is 0.224. The fraction of sp³-hybridized carbons (Fsp3) is 0.0667. The number of nitrogens with one attached hydrogen (secondary N) is 1. The number of aromatic nitrogens is 8. The molecule has 4 heterocycles. The van der Waals surface area contributed by atoms with Crippen molar-refractivity contribution in [3.63, 3.8) is 0 Å². The van der Waals surface area contributed by atoms with Gasteiger partial charge in [0.05, 0.1) is 5.52 Å². The highest BCUT2D eigenvalue weighted by atomic mass is 16.5. The summed E-state index contributed by atoms with van der Waals surface area (Å²) >= 11 is 0. The highest BCUT2D eigenvalue weighted by Crippen LogP contribution is 2.25. The Morgan fingerprint density at radius 2 is 2.00 bits per heavy atom. The number of fused-ring (bicyclic) bond motifs is 2. The summed E-state index contributed by atoms with van der Waals surface area (Å²) in [5, 5.41) is 16.5. The lowest BCUT2D eigenvalue weighted by Gasteiger charge is -1.92. The van der Waals surface area contributed by atoms with Crippen LogP contribution in [0.3, 0.4) is 0 Å². The monoisotopic (exact) mass is 318 g/mol. The van der Waals surface area contributed by atoms with Crippen molar-refractivity contribution in [3.8, 4) is 23.2 Å². The van der Waals surface area contributed by atoms with Gasteiger partial charge in [-0.3, -0.25) is 5.10 Å². The van der Waals surface area contributed by atoms with E-state index in [2.05, 4.69) is 35.4 Å². The van der Waals surface area contributed by atoms with Gasteiger partial charge in [-0.15, -0.1) is 5.10 Å². The molecule has 0 radical (unpaired) electrons. The molecule has 5 aromatic rings. The van der Waals surface area contributed by atoms with Gasteiger partial charge in [0, 0.05) is 17.3 Å². The fourth-order valence-electron chi connectivity index (χ4n) is 2.54. The van der Waals surface area contributed by atoms with E-state index in [1.807, 2.05) is 37.3 Å². The van der Waals surface area contributed by atoms with Crippen molar-refractivity contribution >= 4 is 16.7 Å². The van der Waals surface area contributed by atoms with Crippen molar-refractivity contribution in [1.82, 2.24) is 39.9 Å².